The van der Waals surface area contributed by atoms with Gasteiger partial charge in [-0.25, -0.2) is 4.98 Å². The van der Waals surface area contributed by atoms with Crippen molar-refractivity contribution >= 4 is 10.9 Å². The first-order valence-electron chi connectivity index (χ1n) is 7.32. The van der Waals surface area contributed by atoms with E-state index >= 15 is 0 Å². The fourth-order valence-corrected chi connectivity index (χ4v) is 2.36. The minimum Gasteiger partial charge on any atom is -0.489 e. The lowest BCUT2D eigenvalue weighted by molar-refractivity contribution is 0.245. The van der Waals surface area contributed by atoms with Gasteiger partial charge in [0.05, 0.1) is 6.10 Å². The molecule has 0 aliphatic heterocycles. The van der Waals surface area contributed by atoms with Gasteiger partial charge < -0.3 is 10.1 Å². The van der Waals surface area contributed by atoms with Crippen LogP contribution in [-0.4, -0.2) is 24.7 Å². The zero-order valence-electron chi connectivity index (χ0n) is 12.9. The van der Waals surface area contributed by atoms with Gasteiger partial charge in [0.2, 0.25) is 0 Å². The van der Waals surface area contributed by atoms with E-state index < -0.39 is 0 Å². The molecule has 108 valence electrons. The van der Waals surface area contributed by atoms with Crippen LogP contribution in [0.15, 0.2) is 24.3 Å². The van der Waals surface area contributed by atoms with Gasteiger partial charge >= 0.3 is 0 Å². The molecule has 1 heterocycles. The molecule has 2 aromatic rings. The van der Waals surface area contributed by atoms with E-state index in [1.165, 1.54) is 5.56 Å². The highest BCUT2D eigenvalue weighted by molar-refractivity contribution is 5.85. The van der Waals surface area contributed by atoms with Gasteiger partial charge in [-0.05, 0) is 64.9 Å². The number of nitrogens with zero attached hydrogens (tertiary/aromatic N) is 1. The molecule has 0 aliphatic rings. The molecule has 0 radical (unpaired) electrons. The van der Waals surface area contributed by atoms with Crippen molar-refractivity contribution in [3.05, 3.63) is 35.5 Å². The minimum absolute atomic E-state index is 0.165. The van der Waals surface area contributed by atoms with Gasteiger partial charge in [0, 0.05) is 11.1 Å². The van der Waals surface area contributed by atoms with Crippen LogP contribution in [0.5, 0.6) is 5.75 Å². The Bertz CT molecular complexity index is 578. The predicted octanol–water partition coefficient (Wildman–Crippen LogP) is 3.48. The van der Waals surface area contributed by atoms with E-state index in [0.717, 1.165) is 41.7 Å². The molecule has 0 amide bonds. The highest BCUT2D eigenvalue weighted by Crippen LogP contribution is 2.26. The molecule has 0 saturated carbocycles. The molecule has 20 heavy (non-hydrogen) atoms. The van der Waals surface area contributed by atoms with Gasteiger partial charge in [0.25, 0.3) is 0 Å². The molecule has 1 N–H and O–H groups in total. The third-order valence-electron chi connectivity index (χ3n) is 3.34. The van der Waals surface area contributed by atoms with E-state index in [0.29, 0.717) is 0 Å². The second-order valence-electron chi connectivity index (χ2n) is 5.43. The lowest BCUT2D eigenvalue weighted by atomic mass is 10.0. The van der Waals surface area contributed by atoms with Crippen molar-refractivity contribution in [1.29, 1.82) is 0 Å². The highest BCUT2D eigenvalue weighted by atomic mass is 16.5. The summed E-state index contributed by atoms with van der Waals surface area (Å²) in [5, 5.41) is 4.35. The van der Waals surface area contributed by atoms with Crippen molar-refractivity contribution in [3.8, 4) is 5.75 Å². The summed E-state index contributed by atoms with van der Waals surface area (Å²) in [6.07, 6.45) is 2.36. The van der Waals surface area contributed by atoms with Crippen molar-refractivity contribution in [2.45, 2.75) is 39.7 Å². The molecular weight excluding hydrogens is 248 g/mol. The maximum atomic E-state index is 5.85. The molecule has 0 unspecified atom stereocenters. The van der Waals surface area contributed by atoms with Crippen LogP contribution in [-0.2, 0) is 6.42 Å². The molecular formula is C17H24N2O. The summed E-state index contributed by atoms with van der Waals surface area (Å²) in [6.45, 7) is 7.20. The first-order chi connectivity index (χ1) is 9.61. The maximum absolute atomic E-state index is 5.85. The normalized spacial score (nSPS) is 11.2. The summed E-state index contributed by atoms with van der Waals surface area (Å²) in [5.74, 6) is 0.877. The Balaban J connectivity index is 2.34. The number of pyridine rings is 1. The lowest BCUT2D eigenvalue weighted by Crippen LogP contribution is -2.09. The van der Waals surface area contributed by atoms with Crippen LogP contribution in [0, 0.1) is 6.92 Å². The Morgan fingerprint density at radius 1 is 1.30 bits per heavy atom. The largest absolute Gasteiger partial charge is 0.489 e. The molecule has 0 fully saturated rings. The number of ether oxygens (including phenoxy) is 1. The second kappa shape index (κ2) is 6.71. The van der Waals surface area contributed by atoms with Crippen LogP contribution in [0.2, 0.25) is 0 Å². The van der Waals surface area contributed by atoms with E-state index in [-0.39, 0.29) is 6.10 Å². The van der Waals surface area contributed by atoms with Gasteiger partial charge in [-0.3, -0.25) is 0 Å². The Morgan fingerprint density at radius 2 is 2.10 bits per heavy atom. The highest BCUT2D eigenvalue weighted by Gasteiger charge is 2.08. The molecule has 3 heteroatoms. The van der Waals surface area contributed by atoms with Gasteiger partial charge in [0.15, 0.2) is 0 Å². The van der Waals surface area contributed by atoms with E-state index in [9.17, 15) is 0 Å². The van der Waals surface area contributed by atoms with E-state index in [1.807, 2.05) is 33.0 Å². The van der Waals surface area contributed by atoms with Crippen LogP contribution in [0.25, 0.3) is 10.9 Å². The van der Waals surface area contributed by atoms with Crippen LogP contribution >= 0.6 is 0 Å². The summed E-state index contributed by atoms with van der Waals surface area (Å²) in [7, 11) is 1.99. The third-order valence-corrected chi connectivity index (χ3v) is 3.34. The summed E-state index contributed by atoms with van der Waals surface area (Å²) >= 11 is 0. The van der Waals surface area contributed by atoms with Crippen molar-refractivity contribution in [3.63, 3.8) is 0 Å². The first kappa shape index (κ1) is 14.8. The van der Waals surface area contributed by atoms with Gasteiger partial charge in [-0.15, -0.1) is 0 Å². The molecule has 1 aromatic heterocycles. The van der Waals surface area contributed by atoms with Crippen LogP contribution < -0.4 is 10.1 Å². The van der Waals surface area contributed by atoms with Crippen molar-refractivity contribution in [1.82, 2.24) is 10.3 Å². The number of nitrogens with one attached hydrogen (secondary N) is 1. The molecule has 1 aromatic carbocycles. The van der Waals surface area contributed by atoms with E-state index in [2.05, 4.69) is 24.4 Å². The second-order valence-corrected chi connectivity index (χ2v) is 5.43. The van der Waals surface area contributed by atoms with Crippen LogP contribution in [0.1, 0.15) is 31.5 Å². The zero-order chi connectivity index (χ0) is 14.5. The summed E-state index contributed by atoms with van der Waals surface area (Å²) in [5.41, 5.74) is 3.40. The molecule has 3 nitrogen and oxygen atoms in total. The van der Waals surface area contributed by atoms with Crippen LogP contribution in [0.3, 0.4) is 0 Å². The van der Waals surface area contributed by atoms with Crippen molar-refractivity contribution in [2.24, 2.45) is 0 Å². The number of hydrogen-bond donors (Lipinski definition) is 1. The lowest BCUT2D eigenvalue weighted by Gasteiger charge is -2.13. The zero-order valence-corrected chi connectivity index (χ0v) is 12.9. The Hall–Kier alpha value is -1.61. The maximum Gasteiger partial charge on any atom is 0.145 e. The van der Waals surface area contributed by atoms with E-state index in [4.69, 9.17) is 9.72 Å². The molecule has 0 spiro atoms. The molecule has 0 bridgehead atoms. The topological polar surface area (TPSA) is 34.1 Å². The molecule has 0 atom stereocenters. The summed E-state index contributed by atoms with van der Waals surface area (Å²) < 4.78 is 5.85. The van der Waals surface area contributed by atoms with Gasteiger partial charge in [0.1, 0.15) is 11.3 Å². The molecule has 0 saturated heterocycles. The number of para-hydroxylation sites is 1. The quantitative estimate of drug-likeness (QED) is 0.817. The number of rotatable bonds is 6. The number of aryl methyl sites for hydroxylation is 2. The Kier molecular flexibility index (Phi) is 4.96. The van der Waals surface area contributed by atoms with Crippen molar-refractivity contribution in [2.75, 3.05) is 13.6 Å². The molecule has 0 aliphatic carbocycles. The predicted molar refractivity (Wildman–Crippen MR) is 84.5 cm³/mol. The van der Waals surface area contributed by atoms with Crippen LogP contribution in [0.4, 0.5) is 0 Å². The van der Waals surface area contributed by atoms with Gasteiger partial charge in [-0.2, -0.15) is 0 Å². The Labute approximate surface area is 121 Å². The number of aromatic nitrogens is 1. The third kappa shape index (κ3) is 3.48. The van der Waals surface area contributed by atoms with Gasteiger partial charge in [-0.1, -0.05) is 12.1 Å². The number of fused-ring (bicyclic) bond motifs is 1. The molecule has 2 rings (SSSR count). The average molecular weight is 272 g/mol. The average Bonchev–Trinajstić information content (AvgIpc) is 2.40. The SMILES string of the molecule is CNCCCc1cc2cccc(OC(C)C)c2nc1C. The number of benzene rings is 1. The fourth-order valence-electron chi connectivity index (χ4n) is 2.36. The van der Waals surface area contributed by atoms with E-state index in [1.54, 1.807) is 0 Å². The standard InChI is InChI=1S/C17H24N2O/c1-12(2)20-16-9-5-7-15-11-14(8-6-10-18-4)13(3)19-17(15)16/h5,7,9,11-12,18H,6,8,10H2,1-4H3. The summed E-state index contributed by atoms with van der Waals surface area (Å²) in [6, 6.07) is 8.39. The minimum atomic E-state index is 0.165. The van der Waals surface area contributed by atoms with Crippen molar-refractivity contribution < 1.29 is 4.74 Å². The smallest absolute Gasteiger partial charge is 0.145 e. The first-order valence-corrected chi connectivity index (χ1v) is 7.32. The monoisotopic (exact) mass is 272 g/mol. The fraction of sp³-hybridized carbons (Fsp3) is 0.471. The summed E-state index contributed by atoms with van der Waals surface area (Å²) in [4.78, 5) is 4.76. The Morgan fingerprint density at radius 3 is 2.80 bits per heavy atom. The number of hydrogen-bond acceptors (Lipinski definition) is 3.